The standard InChI is InChI=1S/C15H20N2OS/c1-2-17-14(18)11-19-15(17)12-5-7-13(8-6-12)16-9-3-4-10-16/h5-8,15H,2-4,9-11H2,1H3. The normalized spacial score (nSPS) is 23.4. The fourth-order valence-electron chi connectivity index (χ4n) is 2.90. The second-order valence-electron chi connectivity index (χ2n) is 5.13. The predicted molar refractivity (Wildman–Crippen MR) is 80.5 cm³/mol. The first kappa shape index (κ1) is 12.9. The van der Waals surface area contributed by atoms with Gasteiger partial charge in [-0.15, -0.1) is 11.8 Å². The first-order valence-corrected chi connectivity index (χ1v) is 8.10. The van der Waals surface area contributed by atoms with Crippen LogP contribution in [0.3, 0.4) is 0 Å². The van der Waals surface area contributed by atoms with Crippen LogP contribution in [0.15, 0.2) is 24.3 Å². The molecule has 1 unspecified atom stereocenters. The average molecular weight is 276 g/mol. The molecule has 0 saturated carbocycles. The zero-order valence-electron chi connectivity index (χ0n) is 11.3. The van der Waals surface area contributed by atoms with Gasteiger partial charge in [0.25, 0.3) is 0 Å². The highest BCUT2D eigenvalue weighted by Crippen LogP contribution is 2.38. The van der Waals surface area contributed by atoms with E-state index >= 15 is 0 Å². The van der Waals surface area contributed by atoms with Crippen molar-refractivity contribution < 1.29 is 4.79 Å². The van der Waals surface area contributed by atoms with Crippen molar-refractivity contribution in [2.45, 2.75) is 25.1 Å². The van der Waals surface area contributed by atoms with Crippen molar-refractivity contribution in [1.29, 1.82) is 0 Å². The highest BCUT2D eigenvalue weighted by atomic mass is 32.2. The molecule has 1 aromatic rings. The van der Waals surface area contributed by atoms with E-state index in [0.717, 1.165) is 6.54 Å². The molecule has 0 radical (unpaired) electrons. The predicted octanol–water partition coefficient (Wildman–Crippen LogP) is 2.88. The molecule has 3 rings (SSSR count). The first-order chi connectivity index (χ1) is 9.29. The molecule has 0 aliphatic carbocycles. The molecular formula is C15H20N2OS. The molecule has 2 heterocycles. The van der Waals surface area contributed by atoms with E-state index in [4.69, 9.17) is 0 Å². The number of hydrogen-bond donors (Lipinski definition) is 0. The molecular weight excluding hydrogens is 256 g/mol. The van der Waals surface area contributed by atoms with Crippen molar-refractivity contribution in [2.24, 2.45) is 0 Å². The van der Waals surface area contributed by atoms with Gasteiger partial charge in [-0.2, -0.15) is 0 Å². The summed E-state index contributed by atoms with van der Waals surface area (Å²) in [6.45, 7) is 5.20. The third kappa shape index (κ3) is 2.46. The lowest BCUT2D eigenvalue weighted by Crippen LogP contribution is -2.27. The summed E-state index contributed by atoms with van der Waals surface area (Å²) in [5, 5.41) is 0.213. The lowest BCUT2D eigenvalue weighted by Gasteiger charge is -2.23. The van der Waals surface area contributed by atoms with Crippen LogP contribution in [0.1, 0.15) is 30.7 Å². The van der Waals surface area contributed by atoms with Gasteiger partial charge in [0.05, 0.1) is 5.75 Å². The summed E-state index contributed by atoms with van der Waals surface area (Å²) in [5.41, 5.74) is 2.57. The number of benzene rings is 1. The Bertz CT molecular complexity index is 454. The second-order valence-corrected chi connectivity index (χ2v) is 6.20. The maximum atomic E-state index is 11.8. The number of thioether (sulfide) groups is 1. The minimum absolute atomic E-state index is 0.213. The molecule has 4 heteroatoms. The van der Waals surface area contributed by atoms with Gasteiger partial charge in [0.15, 0.2) is 0 Å². The van der Waals surface area contributed by atoms with Gasteiger partial charge in [-0.25, -0.2) is 0 Å². The topological polar surface area (TPSA) is 23.6 Å². The highest BCUT2D eigenvalue weighted by Gasteiger charge is 2.31. The van der Waals surface area contributed by atoms with Crippen LogP contribution >= 0.6 is 11.8 Å². The summed E-state index contributed by atoms with van der Waals surface area (Å²) in [5.74, 6) is 0.882. The third-order valence-electron chi connectivity index (χ3n) is 3.96. The summed E-state index contributed by atoms with van der Waals surface area (Å²) < 4.78 is 0. The zero-order chi connectivity index (χ0) is 13.2. The van der Waals surface area contributed by atoms with Crippen LogP contribution in [0.5, 0.6) is 0 Å². The lowest BCUT2D eigenvalue weighted by atomic mass is 10.1. The molecule has 102 valence electrons. The Hall–Kier alpha value is -1.16. The van der Waals surface area contributed by atoms with E-state index in [2.05, 4.69) is 36.1 Å². The first-order valence-electron chi connectivity index (χ1n) is 7.05. The minimum Gasteiger partial charge on any atom is -0.372 e. The number of carbonyl (C=O) groups excluding carboxylic acids is 1. The summed E-state index contributed by atoms with van der Waals surface area (Å²) >= 11 is 1.74. The van der Waals surface area contributed by atoms with Crippen molar-refractivity contribution in [1.82, 2.24) is 4.90 Å². The molecule has 0 aromatic heterocycles. The number of hydrogen-bond acceptors (Lipinski definition) is 3. The summed E-state index contributed by atoms with van der Waals surface area (Å²) in [7, 11) is 0. The van der Waals surface area contributed by atoms with Crippen molar-refractivity contribution in [3.05, 3.63) is 29.8 Å². The van der Waals surface area contributed by atoms with Crippen LogP contribution in [-0.4, -0.2) is 36.2 Å². The molecule has 2 aliphatic heterocycles. The smallest absolute Gasteiger partial charge is 0.233 e. The maximum absolute atomic E-state index is 11.8. The van der Waals surface area contributed by atoms with Crippen LogP contribution in [0, 0.1) is 0 Å². The van der Waals surface area contributed by atoms with Crippen molar-refractivity contribution in [3.8, 4) is 0 Å². The molecule has 1 atom stereocenters. The van der Waals surface area contributed by atoms with E-state index in [9.17, 15) is 4.79 Å². The third-order valence-corrected chi connectivity index (χ3v) is 5.21. The van der Waals surface area contributed by atoms with Gasteiger partial charge in [0.1, 0.15) is 5.37 Å². The number of rotatable bonds is 3. The molecule has 3 nitrogen and oxygen atoms in total. The molecule has 2 aliphatic rings. The number of amides is 1. The van der Waals surface area contributed by atoms with Crippen molar-refractivity contribution >= 4 is 23.4 Å². The number of carbonyl (C=O) groups is 1. The van der Waals surface area contributed by atoms with Gasteiger partial charge in [-0.1, -0.05) is 12.1 Å². The van der Waals surface area contributed by atoms with E-state index in [1.165, 1.54) is 37.2 Å². The van der Waals surface area contributed by atoms with Gasteiger partial charge in [0.2, 0.25) is 5.91 Å². The SMILES string of the molecule is CCN1C(=O)CSC1c1ccc(N2CCCC2)cc1. The van der Waals surface area contributed by atoms with E-state index in [1.807, 2.05) is 4.90 Å². The largest absolute Gasteiger partial charge is 0.372 e. The van der Waals surface area contributed by atoms with E-state index in [0.29, 0.717) is 5.75 Å². The van der Waals surface area contributed by atoms with Crippen molar-refractivity contribution in [3.63, 3.8) is 0 Å². The second kappa shape index (κ2) is 5.45. The zero-order valence-corrected chi connectivity index (χ0v) is 12.2. The maximum Gasteiger partial charge on any atom is 0.233 e. The van der Waals surface area contributed by atoms with Crippen LogP contribution < -0.4 is 4.90 Å². The molecule has 1 amide bonds. The summed E-state index contributed by atoms with van der Waals surface area (Å²) in [6.07, 6.45) is 2.61. The fourth-order valence-corrected chi connectivity index (χ4v) is 4.16. The van der Waals surface area contributed by atoms with Gasteiger partial charge >= 0.3 is 0 Å². The Kier molecular flexibility index (Phi) is 3.69. The molecule has 19 heavy (non-hydrogen) atoms. The molecule has 0 bridgehead atoms. The average Bonchev–Trinajstić information content (AvgIpc) is 3.08. The number of nitrogens with zero attached hydrogens (tertiary/aromatic N) is 2. The Morgan fingerprint density at radius 2 is 1.89 bits per heavy atom. The Labute approximate surface area is 119 Å². The van der Waals surface area contributed by atoms with Crippen LogP contribution in [-0.2, 0) is 4.79 Å². The Balaban J connectivity index is 1.76. The summed E-state index contributed by atoms with van der Waals surface area (Å²) in [6, 6.07) is 8.79. The number of anilines is 1. The molecule has 2 saturated heterocycles. The highest BCUT2D eigenvalue weighted by molar-refractivity contribution is 8.00. The monoisotopic (exact) mass is 276 g/mol. The van der Waals surface area contributed by atoms with E-state index in [-0.39, 0.29) is 11.3 Å². The van der Waals surface area contributed by atoms with E-state index in [1.54, 1.807) is 11.8 Å². The lowest BCUT2D eigenvalue weighted by molar-refractivity contribution is -0.127. The Morgan fingerprint density at radius 1 is 1.21 bits per heavy atom. The van der Waals surface area contributed by atoms with Gasteiger partial charge in [-0.3, -0.25) is 4.79 Å². The van der Waals surface area contributed by atoms with E-state index < -0.39 is 0 Å². The Morgan fingerprint density at radius 3 is 2.53 bits per heavy atom. The van der Waals surface area contributed by atoms with Gasteiger partial charge < -0.3 is 9.80 Å². The molecule has 1 aromatic carbocycles. The quantitative estimate of drug-likeness (QED) is 0.848. The minimum atomic E-state index is 0.213. The summed E-state index contributed by atoms with van der Waals surface area (Å²) in [4.78, 5) is 16.2. The fraction of sp³-hybridized carbons (Fsp3) is 0.533. The van der Waals surface area contributed by atoms with Crippen LogP contribution in [0.25, 0.3) is 0 Å². The van der Waals surface area contributed by atoms with Crippen molar-refractivity contribution in [2.75, 3.05) is 30.3 Å². The molecule has 2 fully saturated rings. The van der Waals surface area contributed by atoms with Gasteiger partial charge in [0, 0.05) is 25.3 Å². The van der Waals surface area contributed by atoms with Crippen LogP contribution in [0.4, 0.5) is 5.69 Å². The van der Waals surface area contributed by atoms with Crippen LogP contribution in [0.2, 0.25) is 0 Å². The molecule has 0 spiro atoms. The molecule has 0 N–H and O–H groups in total. The van der Waals surface area contributed by atoms with Gasteiger partial charge in [-0.05, 0) is 37.5 Å².